The maximum absolute atomic E-state index is 12.6. The number of rotatable bonds is 6. The standard InChI is InChI=1S/C16H30N2O3/c17-7-4-13-2-1-3-14(12-13)16(20)18-8-5-15(6-9-18)21-11-10-19/h13-15,19H,1-12,17H2. The maximum Gasteiger partial charge on any atom is 0.225 e. The first kappa shape index (κ1) is 16.7. The molecule has 1 saturated heterocycles. The Balaban J connectivity index is 1.76. The number of nitrogens with zero attached hydrogens (tertiary/aromatic N) is 1. The van der Waals surface area contributed by atoms with E-state index in [0.29, 0.717) is 18.4 Å². The van der Waals surface area contributed by atoms with E-state index in [-0.39, 0.29) is 18.6 Å². The summed E-state index contributed by atoms with van der Waals surface area (Å²) in [4.78, 5) is 14.7. The van der Waals surface area contributed by atoms with E-state index in [1.165, 1.54) is 6.42 Å². The predicted molar refractivity (Wildman–Crippen MR) is 81.8 cm³/mol. The normalized spacial score (nSPS) is 27.8. The number of ether oxygens (including phenoxy) is 1. The van der Waals surface area contributed by atoms with Crippen molar-refractivity contribution in [3.8, 4) is 0 Å². The minimum Gasteiger partial charge on any atom is -0.394 e. The fourth-order valence-electron chi connectivity index (χ4n) is 3.73. The van der Waals surface area contributed by atoms with E-state index in [2.05, 4.69) is 0 Å². The van der Waals surface area contributed by atoms with E-state index in [1.807, 2.05) is 4.90 Å². The molecular formula is C16H30N2O3. The number of piperidine rings is 1. The Morgan fingerprint density at radius 1 is 1.24 bits per heavy atom. The van der Waals surface area contributed by atoms with E-state index in [4.69, 9.17) is 15.6 Å². The Hall–Kier alpha value is -0.650. The van der Waals surface area contributed by atoms with Crippen molar-refractivity contribution in [2.45, 2.75) is 51.0 Å². The van der Waals surface area contributed by atoms with Gasteiger partial charge in [-0.1, -0.05) is 12.8 Å². The topological polar surface area (TPSA) is 75.8 Å². The highest BCUT2D eigenvalue weighted by Crippen LogP contribution is 2.32. The molecule has 5 heteroatoms. The molecule has 1 saturated carbocycles. The van der Waals surface area contributed by atoms with Crippen LogP contribution in [0.3, 0.4) is 0 Å². The number of carbonyl (C=O) groups excluding carboxylic acids is 1. The molecule has 122 valence electrons. The number of likely N-dealkylation sites (tertiary alicyclic amines) is 1. The molecule has 1 aliphatic heterocycles. The molecule has 2 aliphatic rings. The third-order valence-electron chi connectivity index (χ3n) is 4.91. The summed E-state index contributed by atoms with van der Waals surface area (Å²) in [5.74, 6) is 1.20. The van der Waals surface area contributed by atoms with Gasteiger partial charge in [-0.25, -0.2) is 0 Å². The molecule has 5 nitrogen and oxygen atoms in total. The zero-order valence-corrected chi connectivity index (χ0v) is 13.0. The number of hydrogen-bond donors (Lipinski definition) is 2. The number of aliphatic hydroxyl groups is 1. The lowest BCUT2D eigenvalue weighted by atomic mass is 9.79. The van der Waals surface area contributed by atoms with E-state index < -0.39 is 0 Å². The summed E-state index contributed by atoms with van der Waals surface area (Å²) in [5.41, 5.74) is 5.65. The first-order valence-corrected chi connectivity index (χ1v) is 8.46. The SMILES string of the molecule is NCCC1CCCC(C(=O)N2CCC(OCCO)CC2)C1. The van der Waals surface area contributed by atoms with Crippen LogP contribution >= 0.6 is 0 Å². The van der Waals surface area contributed by atoms with Gasteiger partial charge in [0, 0.05) is 19.0 Å². The van der Waals surface area contributed by atoms with Gasteiger partial charge < -0.3 is 20.5 Å². The Morgan fingerprint density at radius 2 is 2.00 bits per heavy atom. The molecule has 2 atom stereocenters. The molecule has 0 aromatic rings. The average Bonchev–Trinajstić information content (AvgIpc) is 2.53. The molecular weight excluding hydrogens is 268 g/mol. The number of carbonyl (C=O) groups is 1. The first-order chi connectivity index (χ1) is 10.2. The second-order valence-electron chi connectivity index (χ2n) is 6.43. The monoisotopic (exact) mass is 298 g/mol. The number of amides is 1. The van der Waals surface area contributed by atoms with Gasteiger partial charge >= 0.3 is 0 Å². The van der Waals surface area contributed by atoms with Crippen molar-refractivity contribution in [3.05, 3.63) is 0 Å². The van der Waals surface area contributed by atoms with Crippen LogP contribution in [0.5, 0.6) is 0 Å². The molecule has 0 spiro atoms. The van der Waals surface area contributed by atoms with Crippen molar-refractivity contribution in [2.24, 2.45) is 17.6 Å². The lowest BCUT2D eigenvalue weighted by molar-refractivity contribution is -0.140. The molecule has 0 aromatic carbocycles. The van der Waals surface area contributed by atoms with E-state index in [1.54, 1.807) is 0 Å². The van der Waals surface area contributed by atoms with Crippen LogP contribution in [-0.4, -0.2) is 54.9 Å². The predicted octanol–water partition coefficient (Wildman–Crippen LogP) is 1.14. The minimum absolute atomic E-state index is 0.0732. The van der Waals surface area contributed by atoms with Crippen molar-refractivity contribution in [1.82, 2.24) is 4.90 Å². The average molecular weight is 298 g/mol. The fraction of sp³-hybridized carbons (Fsp3) is 0.938. The highest BCUT2D eigenvalue weighted by molar-refractivity contribution is 5.79. The molecule has 2 unspecified atom stereocenters. The van der Waals surface area contributed by atoms with Crippen LogP contribution in [0.1, 0.15) is 44.9 Å². The van der Waals surface area contributed by atoms with E-state index in [9.17, 15) is 4.79 Å². The Kier molecular flexibility index (Phi) is 6.93. The molecule has 0 radical (unpaired) electrons. The van der Waals surface area contributed by atoms with Crippen molar-refractivity contribution in [3.63, 3.8) is 0 Å². The van der Waals surface area contributed by atoms with Crippen LogP contribution in [0.15, 0.2) is 0 Å². The van der Waals surface area contributed by atoms with Gasteiger partial charge in [0.05, 0.1) is 19.3 Å². The Labute approximate surface area is 127 Å². The molecule has 1 heterocycles. The van der Waals surface area contributed by atoms with Gasteiger partial charge in [0.2, 0.25) is 5.91 Å². The van der Waals surface area contributed by atoms with Crippen LogP contribution in [0.25, 0.3) is 0 Å². The number of nitrogens with two attached hydrogens (primary N) is 1. The number of aliphatic hydroxyl groups excluding tert-OH is 1. The third kappa shape index (κ3) is 4.94. The van der Waals surface area contributed by atoms with Crippen molar-refractivity contribution in [1.29, 1.82) is 0 Å². The zero-order chi connectivity index (χ0) is 15.1. The smallest absolute Gasteiger partial charge is 0.225 e. The fourth-order valence-corrected chi connectivity index (χ4v) is 3.73. The van der Waals surface area contributed by atoms with Crippen LogP contribution in [-0.2, 0) is 9.53 Å². The van der Waals surface area contributed by atoms with Crippen molar-refractivity contribution < 1.29 is 14.6 Å². The van der Waals surface area contributed by atoms with E-state index in [0.717, 1.165) is 58.2 Å². The van der Waals surface area contributed by atoms with Gasteiger partial charge in [-0.05, 0) is 44.6 Å². The van der Waals surface area contributed by atoms with Crippen molar-refractivity contribution in [2.75, 3.05) is 32.8 Å². The molecule has 1 aliphatic carbocycles. The largest absolute Gasteiger partial charge is 0.394 e. The van der Waals surface area contributed by atoms with Crippen LogP contribution in [0.2, 0.25) is 0 Å². The van der Waals surface area contributed by atoms with Gasteiger partial charge in [-0.2, -0.15) is 0 Å². The summed E-state index contributed by atoms with van der Waals surface area (Å²) >= 11 is 0. The maximum atomic E-state index is 12.6. The molecule has 2 rings (SSSR count). The van der Waals surface area contributed by atoms with Gasteiger partial charge in [0.1, 0.15) is 0 Å². The van der Waals surface area contributed by atoms with E-state index >= 15 is 0 Å². The molecule has 0 aromatic heterocycles. The summed E-state index contributed by atoms with van der Waals surface area (Å²) in [6.45, 7) is 2.81. The lowest BCUT2D eigenvalue weighted by Gasteiger charge is -2.36. The zero-order valence-electron chi connectivity index (χ0n) is 13.0. The summed E-state index contributed by atoms with van der Waals surface area (Å²) in [6.07, 6.45) is 7.51. The first-order valence-electron chi connectivity index (χ1n) is 8.46. The second-order valence-corrected chi connectivity index (χ2v) is 6.43. The van der Waals surface area contributed by atoms with Gasteiger partial charge in [0.15, 0.2) is 0 Å². The third-order valence-corrected chi connectivity index (χ3v) is 4.91. The highest BCUT2D eigenvalue weighted by atomic mass is 16.5. The molecule has 3 N–H and O–H groups in total. The lowest BCUT2D eigenvalue weighted by Crippen LogP contribution is -2.44. The molecule has 1 amide bonds. The Morgan fingerprint density at radius 3 is 2.67 bits per heavy atom. The second kappa shape index (κ2) is 8.71. The molecule has 0 bridgehead atoms. The van der Waals surface area contributed by atoms with Crippen LogP contribution in [0, 0.1) is 11.8 Å². The van der Waals surface area contributed by atoms with Gasteiger partial charge in [-0.15, -0.1) is 0 Å². The highest BCUT2D eigenvalue weighted by Gasteiger charge is 2.32. The van der Waals surface area contributed by atoms with Gasteiger partial charge in [-0.3, -0.25) is 4.79 Å². The summed E-state index contributed by atoms with van der Waals surface area (Å²) in [6, 6.07) is 0. The van der Waals surface area contributed by atoms with Crippen molar-refractivity contribution >= 4 is 5.91 Å². The summed E-state index contributed by atoms with van der Waals surface area (Å²) in [5, 5.41) is 8.78. The summed E-state index contributed by atoms with van der Waals surface area (Å²) < 4.78 is 5.55. The minimum atomic E-state index is 0.0732. The quantitative estimate of drug-likeness (QED) is 0.771. The Bertz CT molecular complexity index is 315. The van der Waals surface area contributed by atoms with Gasteiger partial charge in [0.25, 0.3) is 0 Å². The molecule has 2 fully saturated rings. The molecule has 21 heavy (non-hydrogen) atoms. The summed E-state index contributed by atoms with van der Waals surface area (Å²) in [7, 11) is 0. The van der Waals surface area contributed by atoms with Crippen LogP contribution in [0.4, 0.5) is 0 Å². The number of hydrogen-bond acceptors (Lipinski definition) is 4. The van der Waals surface area contributed by atoms with Crippen LogP contribution < -0.4 is 5.73 Å².